The number of aryl methyl sites for hydroxylation is 1. The van der Waals surface area contributed by atoms with Crippen LogP contribution in [0.3, 0.4) is 0 Å². The summed E-state index contributed by atoms with van der Waals surface area (Å²) in [5, 5.41) is 0. The number of nitrogens with zero attached hydrogens (tertiary/aromatic N) is 2. The van der Waals surface area contributed by atoms with Gasteiger partial charge in [-0.25, -0.2) is 0 Å². The van der Waals surface area contributed by atoms with E-state index in [1.165, 1.54) is 0 Å². The van der Waals surface area contributed by atoms with Gasteiger partial charge in [-0.2, -0.15) is 0 Å². The minimum atomic E-state index is 0.0476. The van der Waals surface area contributed by atoms with Crippen LogP contribution in [0.15, 0.2) is 42.7 Å². The molecule has 1 N–H and O–H groups in total. The molecule has 0 aliphatic carbocycles. The molecule has 1 aliphatic rings. The van der Waals surface area contributed by atoms with E-state index in [1.807, 2.05) is 59.4 Å². The molecule has 0 spiro atoms. The average molecular weight is 311 g/mol. The summed E-state index contributed by atoms with van der Waals surface area (Å²) in [6.45, 7) is 4.35. The highest BCUT2D eigenvalue weighted by Crippen LogP contribution is 2.12. The molecule has 0 saturated carbocycles. The molecule has 0 unspecified atom stereocenters. The van der Waals surface area contributed by atoms with E-state index in [1.54, 1.807) is 0 Å². The fraction of sp³-hybridized carbons (Fsp3) is 0.333. The van der Waals surface area contributed by atoms with Gasteiger partial charge in [-0.15, -0.1) is 0 Å². The van der Waals surface area contributed by atoms with Gasteiger partial charge in [-0.05, 0) is 30.7 Å². The normalized spacial score (nSPS) is 14.8. The van der Waals surface area contributed by atoms with Gasteiger partial charge in [0.25, 0.3) is 5.91 Å². The number of nitrogens with one attached hydrogen (secondary N) is 1. The van der Waals surface area contributed by atoms with E-state index >= 15 is 0 Å². The molecule has 0 atom stereocenters. The molecule has 1 aliphatic heterocycles. The number of hydrogen-bond donors (Lipinski definition) is 1. The molecule has 5 nitrogen and oxygen atoms in total. The fourth-order valence-corrected chi connectivity index (χ4v) is 2.87. The van der Waals surface area contributed by atoms with Gasteiger partial charge in [0.2, 0.25) is 5.91 Å². The van der Waals surface area contributed by atoms with Crippen LogP contribution < -0.4 is 0 Å². The summed E-state index contributed by atoms with van der Waals surface area (Å²) in [5.74, 6) is 0.165. The summed E-state index contributed by atoms with van der Waals surface area (Å²) in [7, 11) is 0. The molecule has 1 aromatic heterocycles. The van der Waals surface area contributed by atoms with E-state index in [9.17, 15) is 9.59 Å². The van der Waals surface area contributed by atoms with Gasteiger partial charge in [0.05, 0.1) is 6.42 Å². The van der Waals surface area contributed by atoms with E-state index in [-0.39, 0.29) is 11.8 Å². The summed E-state index contributed by atoms with van der Waals surface area (Å²) < 4.78 is 0. The first kappa shape index (κ1) is 15.3. The molecule has 0 bridgehead atoms. The van der Waals surface area contributed by atoms with Crippen molar-refractivity contribution < 1.29 is 9.59 Å². The fourth-order valence-electron chi connectivity index (χ4n) is 2.87. The maximum Gasteiger partial charge on any atom is 0.253 e. The van der Waals surface area contributed by atoms with E-state index in [0.29, 0.717) is 32.6 Å². The first-order chi connectivity index (χ1) is 11.1. The highest BCUT2D eigenvalue weighted by Gasteiger charge is 2.24. The maximum absolute atomic E-state index is 12.5. The number of amides is 2. The lowest BCUT2D eigenvalue weighted by Gasteiger charge is -2.35. The zero-order chi connectivity index (χ0) is 16.2. The Labute approximate surface area is 135 Å². The topological polar surface area (TPSA) is 56.4 Å². The Morgan fingerprint density at radius 2 is 1.83 bits per heavy atom. The SMILES string of the molecule is Cc1cccc(C(=O)N2CCN(C(=O)Cc3cc[nH]c3)CC2)c1. The van der Waals surface area contributed by atoms with Crippen molar-refractivity contribution in [3.8, 4) is 0 Å². The van der Waals surface area contributed by atoms with Gasteiger partial charge in [-0.1, -0.05) is 17.7 Å². The van der Waals surface area contributed by atoms with Crippen LogP contribution in [0.1, 0.15) is 21.5 Å². The van der Waals surface area contributed by atoms with E-state index in [2.05, 4.69) is 4.98 Å². The van der Waals surface area contributed by atoms with Crippen LogP contribution in [0.5, 0.6) is 0 Å². The van der Waals surface area contributed by atoms with Crippen molar-refractivity contribution in [3.63, 3.8) is 0 Å². The highest BCUT2D eigenvalue weighted by molar-refractivity contribution is 5.94. The predicted octanol–water partition coefficient (Wildman–Crippen LogP) is 1.85. The van der Waals surface area contributed by atoms with Crippen LogP contribution in [0.2, 0.25) is 0 Å². The minimum absolute atomic E-state index is 0.0476. The molecule has 120 valence electrons. The van der Waals surface area contributed by atoms with E-state index in [0.717, 1.165) is 16.7 Å². The van der Waals surface area contributed by atoms with E-state index in [4.69, 9.17) is 0 Å². The van der Waals surface area contributed by atoms with Crippen LogP contribution >= 0.6 is 0 Å². The zero-order valence-corrected chi connectivity index (χ0v) is 13.3. The second kappa shape index (κ2) is 6.69. The van der Waals surface area contributed by atoms with Crippen molar-refractivity contribution in [3.05, 3.63) is 59.4 Å². The number of benzene rings is 1. The molecule has 5 heteroatoms. The van der Waals surface area contributed by atoms with E-state index < -0.39 is 0 Å². The quantitative estimate of drug-likeness (QED) is 0.940. The summed E-state index contributed by atoms with van der Waals surface area (Å²) in [6, 6.07) is 9.55. The van der Waals surface area contributed by atoms with Gasteiger partial charge in [-0.3, -0.25) is 9.59 Å². The summed E-state index contributed by atoms with van der Waals surface area (Å²) in [4.78, 5) is 31.4. The summed E-state index contributed by atoms with van der Waals surface area (Å²) in [6.07, 6.45) is 4.08. The van der Waals surface area contributed by atoms with Crippen LogP contribution in [0, 0.1) is 6.92 Å². The standard InChI is InChI=1S/C18H21N3O2/c1-14-3-2-4-16(11-14)18(23)21-9-7-20(8-10-21)17(22)12-15-5-6-19-13-15/h2-6,11,13,19H,7-10,12H2,1H3. The Morgan fingerprint density at radius 3 is 2.48 bits per heavy atom. The molecule has 23 heavy (non-hydrogen) atoms. The number of piperazine rings is 1. The van der Waals surface area contributed by atoms with Crippen molar-refractivity contribution in [1.29, 1.82) is 0 Å². The molecule has 0 radical (unpaired) electrons. The van der Waals surface area contributed by atoms with Crippen molar-refractivity contribution in [2.75, 3.05) is 26.2 Å². The lowest BCUT2D eigenvalue weighted by molar-refractivity contribution is -0.131. The number of H-pyrrole nitrogens is 1. The van der Waals surface area contributed by atoms with Crippen molar-refractivity contribution >= 4 is 11.8 Å². The van der Waals surface area contributed by atoms with Crippen LogP contribution in [0.25, 0.3) is 0 Å². The van der Waals surface area contributed by atoms with Crippen molar-refractivity contribution in [1.82, 2.24) is 14.8 Å². The lowest BCUT2D eigenvalue weighted by Crippen LogP contribution is -2.51. The Hall–Kier alpha value is -2.56. The monoisotopic (exact) mass is 311 g/mol. The number of hydrogen-bond acceptors (Lipinski definition) is 2. The summed E-state index contributed by atoms with van der Waals surface area (Å²) >= 11 is 0. The second-order valence-corrected chi connectivity index (χ2v) is 5.94. The van der Waals surface area contributed by atoms with Crippen LogP contribution in [0.4, 0.5) is 0 Å². The van der Waals surface area contributed by atoms with Gasteiger partial charge >= 0.3 is 0 Å². The molecule has 2 amide bonds. The number of rotatable bonds is 3. The molecular weight excluding hydrogens is 290 g/mol. The Bertz CT molecular complexity index is 686. The van der Waals surface area contributed by atoms with Gasteiger partial charge < -0.3 is 14.8 Å². The number of aromatic nitrogens is 1. The molecular formula is C18H21N3O2. The molecule has 1 saturated heterocycles. The maximum atomic E-state index is 12.5. The zero-order valence-electron chi connectivity index (χ0n) is 13.3. The first-order valence-corrected chi connectivity index (χ1v) is 7.89. The number of aromatic amines is 1. The minimum Gasteiger partial charge on any atom is -0.367 e. The Morgan fingerprint density at radius 1 is 1.09 bits per heavy atom. The second-order valence-electron chi connectivity index (χ2n) is 5.94. The van der Waals surface area contributed by atoms with Crippen molar-refractivity contribution in [2.45, 2.75) is 13.3 Å². The predicted molar refractivity (Wildman–Crippen MR) is 88.2 cm³/mol. The number of carbonyl (C=O) groups is 2. The molecule has 1 fully saturated rings. The third-order valence-corrected chi connectivity index (χ3v) is 4.20. The lowest BCUT2D eigenvalue weighted by atomic mass is 10.1. The van der Waals surface area contributed by atoms with Gasteiger partial charge in [0, 0.05) is 44.1 Å². The Kier molecular flexibility index (Phi) is 4.46. The largest absolute Gasteiger partial charge is 0.367 e. The number of carbonyl (C=O) groups excluding carboxylic acids is 2. The third kappa shape index (κ3) is 3.62. The van der Waals surface area contributed by atoms with Gasteiger partial charge in [0.15, 0.2) is 0 Å². The third-order valence-electron chi connectivity index (χ3n) is 4.20. The molecule has 3 rings (SSSR count). The molecule has 1 aromatic carbocycles. The molecule has 2 heterocycles. The average Bonchev–Trinajstić information content (AvgIpc) is 3.07. The summed E-state index contributed by atoms with van der Waals surface area (Å²) in [5.41, 5.74) is 2.79. The Balaban J connectivity index is 1.55. The first-order valence-electron chi connectivity index (χ1n) is 7.89. The van der Waals surface area contributed by atoms with Gasteiger partial charge in [0.1, 0.15) is 0 Å². The smallest absolute Gasteiger partial charge is 0.253 e. The molecule has 2 aromatic rings. The van der Waals surface area contributed by atoms with Crippen LogP contribution in [-0.2, 0) is 11.2 Å². The van der Waals surface area contributed by atoms with Crippen LogP contribution in [-0.4, -0.2) is 52.8 Å². The van der Waals surface area contributed by atoms with Crippen molar-refractivity contribution in [2.24, 2.45) is 0 Å². The highest BCUT2D eigenvalue weighted by atomic mass is 16.2.